The molecule has 0 unspecified atom stereocenters. The van der Waals surface area contributed by atoms with Gasteiger partial charge in [0.2, 0.25) is 0 Å². The summed E-state index contributed by atoms with van der Waals surface area (Å²) >= 11 is 0. The summed E-state index contributed by atoms with van der Waals surface area (Å²) in [4.78, 5) is 0. The standard InChI is InChI=1S/C20H18/c1-4-8-17-13(5-1)11-15-9-10-18-16-7-3-2-6-14(16)12-19(17)20(15)18/h2-3,6-7,11-12H,1,4-5,8-10H2. The van der Waals surface area contributed by atoms with E-state index in [9.17, 15) is 0 Å². The first-order chi connectivity index (χ1) is 9.92. The van der Waals surface area contributed by atoms with Crippen molar-refractivity contribution in [1.82, 2.24) is 0 Å². The Hall–Kier alpha value is -1.82. The second-order valence-electron chi connectivity index (χ2n) is 6.38. The summed E-state index contributed by atoms with van der Waals surface area (Å²) < 4.78 is 0. The number of hydrogen-bond donors (Lipinski definition) is 0. The van der Waals surface area contributed by atoms with Crippen LogP contribution in [0, 0.1) is 0 Å². The summed E-state index contributed by atoms with van der Waals surface area (Å²) in [5.41, 5.74) is 6.52. The molecule has 0 N–H and O–H groups in total. The average molecular weight is 258 g/mol. The predicted molar refractivity (Wildman–Crippen MR) is 85.5 cm³/mol. The molecule has 0 saturated carbocycles. The van der Waals surface area contributed by atoms with Gasteiger partial charge in [-0.25, -0.2) is 0 Å². The SMILES string of the molecule is c1ccc2c3c4c(cc5c(c4cc2c1)CCCC5)CC3. The van der Waals surface area contributed by atoms with E-state index < -0.39 is 0 Å². The maximum Gasteiger partial charge on any atom is -0.0110 e. The Morgan fingerprint density at radius 2 is 1.55 bits per heavy atom. The molecule has 0 radical (unpaired) electrons. The minimum absolute atomic E-state index is 1.23. The molecule has 2 aliphatic rings. The van der Waals surface area contributed by atoms with Crippen LogP contribution in [0.15, 0.2) is 36.4 Å². The Bertz CT molecular complexity index is 855. The molecule has 3 aromatic rings. The molecule has 5 rings (SSSR count). The van der Waals surface area contributed by atoms with E-state index in [1.807, 2.05) is 0 Å². The lowest BCUT2D eigenvalue weighted by atomic mass is 9.85. The molecule has 0 heteroatoms. The average Bonchev–Trinajstić information content (AvgIpc) is 2.92. The first-order valence-electron chi connectivity index (χ1n) is 7.90. The zero-order valence-corrected chi connectivity index (χ0v) is 11.7. The molecule has 98 valence electrons. The molecule has 3 aromatic carbocycles. The number of aryl methyl sites for hydroxylation is 4. The maximum atomic E-state index is 2.53. The van der Waals surface area contributed by atoms with Crippen molar-refractivity contribution in [2.24, 2.45) is 0 Å². The molecule has 0 aliphatic heterocycles. The molecule has 0 fully saturated rings. The van der Waals surface area contributed by atoms with Crippen LogP contribution < -0.4 is 0 Å². The first-order valence-corrected chi connectivity index (χ1v) is 7.90. The highest BCUT2D eigenvalue weighted by Crippen LogP contribution is 2.41. The van der Waals surface area contributed by atoms with Crippen molar-refractivity contribution in [3.05, 3.63) is 58.7 Å². The quantitative estimate of drug-likeness (QED) is 0.499. The van der Waals surface area contributed by atoms with Crippen molar-refractivity contribution in [1.29, 1.82) is 0 Å². The summed E-state index contributed by atoms with van der Waals surface area (Å²) in [6.07, 6.45) is 7.79. The normalized spacial score (nSPS) is 16.8. The van der Waals surface area contributed by atoms with E-state index in [2.05, 4.69) is 36.4 Å². The lowest BCUT2D eigenvalue weighted by Crippen LogP contribution is -2.04. The van der Waals surface area contributed by atoms with Crippen molar-refractivity contribution < 1.29 is 0 Å². The largest absolute Gasteiger partial charge is 0.0616 e. The van der Waals surface area contributed by atoms with Gasteiger partial charge in [0.25, 0.3) is 0 Å². The topological polar surface area (TPSA) is 0 Å². The summed E-state index contributed by atoms with van der Waals surface area (Å²) in [5.74, 6) is 0. The van der Waals surface area contributed by atoms with E-state index in [4.69, 9.17) is 0 Å². The number of fused-ring (bicyclic) bond motifs is 4. The van der Waals surface area contributed by atoms with Crippen LogP contribution in [0.4, 0.5) is 0 Å². The molecule has 0 saturated heterocycles. The Morgan fingerprint density at radius 1 is 0.650 bits per heavy atom. The van der Waals surface area contributed by atoms with Gasteiger partial charge in [-0.1, -0.05) is 30.3 Å². The molecule has 0 aromatic heterocycles. The Kier molecular flexibility index (Phi) is 2.10. The molecule has 0 amide bonds. The molecular formula is C20H18. The van der Waals surface area contributed by atoms with Crippen molar-refractivity contribution in [2.45, 2.75) is 38.5 Å². The van der Waals surface area contributed by atoms with Crippen molar-refractivity contribution >= 4 is 21.5 Å². The van der Waals surface area contributed by atoms with Crippen LogP contribution in [0.2, 0.25) is 0 Å². The van der Waals surface area contributed by atoms with E-state index in [1.54, 1.807) is 33.0 Å². The second kappa shape index (κ2) is 3.85. The van der Waals surface area contributed by atoms with Gasteiger partial charge < -0.3 is 0 Å². The summed E-state index contributed by atoms with van der Waals surface area (Å²) in [7, 11) is 0. The van der Waals surface area contributed by atoms with Gasteiger partial charge >= 0.3 is 0 Å². The third-order valence-corrected chi connectivity index (χ3v) is 5.31. The Labute approximate surface area is 119 Å². The van der Waals surface area contributed by atoms with Gasteiger partial charge in [0.15, 0.2) is 0 Å². The fraction of sp³-hybridized carbons (Fsp3) is 0.300. The van der Waals surface area contributed by atoms with Gasteiger partial charge in [0.1, 0.15) is 0 Å². The minimum Gasteiger partial charge on any atom is -0.0616 e. The highest BCUT2D eigenvalue weighted by Gasteiger charge is 2.22. The monoisotopic (exact) mass is 258 g/mol. The molecule has 0 heterocycles. The van der Waals surface area contributed by atoms with E-state index >= 15 is 0 Å². The molecule has 0 nitrogen and oxygen atoms in total. The molecule has 0 atom stereocenters. The molecule has 0 bridgehead atoms. The molecule has 0 spiro atoms. The van der Waals surface area contributed by atoms with Gasteiger partial charge in [0.05, 0.1) is 0 Å². The van der Waals surface area contributed by atoms with E-state index in [0.717, 1.165) is 0 Å². The second-order valence-corrected chi connectivity index (χ2v) is 6.38. The lowest BCUT2D eigenvalue weighted by Gasteiger charge is -2.20. The number of hydrogen-bond acceptors (Lipinski definition) is 0. The van der Waals surface area contributed by atoms with Crippen molar-refractivity contribution in [3.8, 4) is 0 Å². The summed E-state index contributed by atoms with van der Waals surface area (Å²) in [5, 5.41) is 6.09. The summed E-state index contributed by atoms with van der Waals surface area (Å²) in [6, 6.07) is 13.9. The molecule has 2 aliphatic carbocycles. The van der Waals surface area contributed by atoms with Gasteiger partial charge in [-0.2, -0.15) is 0 Å². The van der Waals surface area contributed by atoms with Crippen LogP contribution in [0.3, 0.4) is 0 Å². The van der Waals surface area contributed by atoms with Crippen LogP contribution in [0.1, 0.15) is 35.1 Å². The Morgan fingerprint density at radius 3 is 2.55 bits per heavy atom. The highest BCUT2D eigenvalue weighted by atomic mass is 14.3. The van der Waals surface area contributed by atoms with Gasteiger partial charge in [-0.15, -0.1) is 0 Å². The fourth-order valence-corrected chi connectivity index (χ4v) is 4.42. The zero-order valence-electron chi connectivity index (χ0n) is 11.7. The highest BCUT2D eigenvalue weighted by molar-refractivity contribution is 6.06. The molecular weight excluding hydrogens is 240 g/mol. The van der Waals surface area contributed by atoms with Crippen LogP contribution in [0.25, 0.3) is 21.5 Å². The third-order valence-electron chi connectivity index (χ3n) is 5.31. The first kappa shape index (κ1) is 10.9. The van der Waals surface area contributed by atoms with Gasteiger partial charge in [-0.3, -0.25) is 0 Å². The third kappa shape index (κ3) is 1.32. The summed E-state index contributed by atoms with van der Waals surface area (Å²) in [6.45, 7) is 0. The van der Waals surface area contributed by atoms with E-state index in [-0.39, 0.29) is 0 Å². The zero-order chi connectivity index (χ0) is 13.1. The van der Waals surface area contributed by atoms with Crippen LogP contribution >= 0.6 is 0 Å². The maximum absolute atomic E-state index is 2.53. The fourth-order valence-electron chi connectivity index (χ4n) is 4.42. The van der Waals surface area contributed by atoms with Crippen LogP contribution in [-0.4, -0.2) is 0 Å². The van der Waals surface area contributed by atoms with Crippen LogP contribution in [-0.2, 0) is 25.7 Å². The Balaban J connectivity index is 2.01. The predicted octanol–water partition coefficient (Wildman–Crippen LogP) is 4.97. The molecule has 20 heavy (non-hydrogen) atoms. The van der Waals surface area contributed by atoms with Gasteiger partial charge in [-0.05, 0) is 88.4 Å². The van der Waals surface area contributed by atoms with Crippen LogP contribution in [0.5, 0.6) is 0 Å². The lowest BCUT2D eigenvalue weighted by molar-refractivity contribution is 0.689. The van der Waals surface area contributed by atoms with Crippen molar-refractivity contribution in [3.63, 3.8) is 0 Å². The van der Waals surface area contributed by atoms with E-state index in [0.29, 0.717) is 0 Å². The van der Waals surface area contributed by atoms with Crippen molar-refractivity contribution in [2.75, 3.05) is 0 Å². The van der Waals surface area contributed by atoms with Gasteiger partial charge in [0, 0.05) is 0 Å². The number of rotatable bonds is 0. The minimum atomic E-state index is 1.23. The number of benzene rings is 3. The van der Waals surface area contributed by atoms with E-state index in [1.165, 1.54) is 49.3 Å². The smallest absolute Gasteiger partial charge is 0.0110 e.